The molecule has 0 spiro atoms. The van der Waals surface area contributed by atoms with Crippen LogP contribution in [0.25, 0.3) is 0 Å². The van der Waals surface area contributed by atoms with E-state index in [1.807, 2.05) is 0 Å². The van der Waals surface area contributed by atoms with Crippen LogP contribution in [0.5, 0.6) is 0 Å². The van der Waals surface area contributed by atoms with E-state index in [1.54, 1.807) is 0 Å². The first-order valence-electron chi connectivity index (χ1n) is 28.1. The maximum atomic E-state index is 12.7. The van der Waals surface area contributed by atoms with Crippen LogP contribution in [0.15, 0.2) is 85.1 Å². The van der Waals surface area contributed by atoms with Crippen LogP contribution >= 0.6 is 0 Å². The summed E-state index contributed by atoms with van der Waals surface area (Å²) in [5, 5.41) is 0. The minimum Gasteiger partial charge on any atom is -0.462 e. The molecule has 1 unspecified atom stereocenters. The number of ether oxygens (including phenoxy) is 3. The normalized spacial score (nSPS) is 12.7. The SMILES string of the molecule is CC/C=C\C/C=C\C/C=C\C/C=C\C/C=C\CCCCCCCCCCCCCCCCCC(=O)OCC(COC(=O)CCCCCCC)OC(=O)CCCCCCC/C=C\C/C=C\CCC. The molecule has 6 nitrogen and oxygen atoms in total. The molecule has 0 radical (unpaired) electrons. The predicted octanol–water partition coefficient (Wildman–Crippen LogP) is 18.8. The summed E-state index contributed by atoms with van der Waals surface area (Å²) in [5.41, 5.74) is 0. The monoisotopic (exact) mass is 933 g/mol. The van der Waals surface area contributed by atoms with Crippen molar-refractivity contribution in [3.8, 4) is 0 Å². The molecule has 0 heterocycles. The van der Waals surface area contributed by atoms with E-state index >= 15 is 0 Å². The fourth-order valence-corrected chi connectivity index (χ4v) is 7.68. The summed E-state index contributed by atoms with van der Waals surface area (Å²) in [6, 6.07) is 0. The third kappa shape index (κ3) is 53.4. The Bertz CT molecular complexity index is 1300. The number of rotatable bonds is 50. The van der Waals surface area contributed by atoms with Crippen molar-refractivity contribution in [2.45, 2.75) is 271 Å². The lowest BCUT2D eigenvalue weighted by atomic mass is 10.0. The van der Waals surface area contributed by atoms with Crippen LogP contribution in [-0.2, 0) is 28.6 Å². The summed E-state index contributed by atoms with van der Waals surface area (Å²) < 4.78 is 16.7. The van der Waals surface area contributed by atoms with Crippen LogP contribution in [0, 0.1) is 0 Å². The Morgan fingerprint density at radius 1 is 0.313 bits per heavy atom. The minimum absolute atomic E-state index is 0.0807. The van der Waals surface area contributed by atoms with Gasteiger partial charge in [-0.15, -0.1) is 0 Å². The molecule has 384 valence electrons. The second-order valence-corrected chi connectivity index (χ2v) is 18.5. The molecule has 0 aliphatic rings. The average molecular weight is 933 g/mol. The molecule has 1 atom stereocenters. The molecule has 0 aromatic rings. The largest absolute Gasteiger partial charge is 0.462 e. The van der Waals surface area contributed by atoms with E-state index in [2.05, 4.69) is 106 Å². The summed E-state index contributed by atoms with van der Waals surface area (Å²) in [7, 11) is 0. The van der Waals surface area contributed by atoms with Gasteiger partial charge in [0.05, 0.1) is 0 Å². The summed E-state index contributed by atoms with van der Waals surface area (Å²) >= 11 is 0. The standard InChI is InChI=1S/C61H104O6/c1-4-7-10-13-15-17-19-21-22-23-24-25-26-27-28-29-30-31-32-33-34-35-36-37-38-40-41-43-45-48-51-54-60(63)66-57-58(56-65-59(62)53-50-47-12-9-6-3)67-61(64)55-52-49-46-44-42-39-20-18-16-14-11-8-5-2/h7,10-11,14-15,17-18,20-22,24-25,27-28,58H,4-6,8-9,12-13,16,19,23,26,29-57H2,1-3H3/b10-7-,14-11-,17-15-,20-18-,22-21-,25-24-,28-27-. The molecule has 0 saturated carbocycles. The zero-order valence-corrected chi connectivity index (χ0v) is 43.9. The van der Waals surface area contributed by atoms with Gasteiger partial charge in [-0.05, 0) is 89.9 Å². The lowest BCUT2D eigenvalue weighted by Gasteiger charge is -2.18. The van der Waals surface area contributed by atoms with Gasteiger partial charge in [0, 0.05) is 19.3 Å². The molecule has 0 bridgehead atoms. The molecule has 0 aliphatic carbocycles. The second kappa shape index (κ2) is 55.2. The fourth-order valence-electron chi connectivity index (χ4n) is 7.68. The van der Waals surface area contributed by atoms with E-state index in [9.17, 15) is 14.4 Å². The first-order valence-corrected chi connectivity index (χ1v) is 28.1. The molecular formula is C61H104O6. The maximum absolute atomic E-state index is 12.7. The molecule has 6 heteroatoms. The predicted molar refractivity (Wildman–Crippen MR) is 288 cm³/mol. The number of allylic oxidation sites excluding steroid dienone is 14. The van der Waals surface area contributed by atoms with Crippen molar-refractivity contribution in [2.75, 3.05) is 13.2 Å². The highest BCUT2D eigenvalue weighted by Gasteiger charge is 2.19. The Kier molecular flexibility index (Phi) is 52.4. The molecule has 0 fully saturated rings. The van der Waals surface area contributed by atoms with Crippen LogP contribution in [0.4, 0.5) is 0 Å². The van der Waals surface area contributed by atoms with E-state index in [0.29, 0.717) is 19.3 Å². The number of hydrogen-bond acceptors (Lipinski definition) is 6. The van der Waals surface area contributed by atoms with Crippen LogP contribution in [0.1, 0.15) is 265 Å². The Morgan fingerprint density at radius 3 is 0.970 bits per heavy atom. The molecule has 0 rings (SSSR count). The molecule has 0 aliphatic heterocycles. The quantitative estimate of drug-likeness (QED) is 0.0262. The van der Waals surface area contributed by atoms with Gasteiger partial charge in [-0.3, -0.25) is 14.4 Å². The minimum atomic E-state index is -0.778. The highest BCUT2D eigenvalue weighted by Crippen LogP contribution is 2.16. The Labute approximate surface area is 414 Å². The van der Waals surface area contributed by atoms with Crippen molar-refractivity contribution in [1.82, 2.24) is 0 Å². The van der Waals surface area contributed by atoms with Gasteiger partial charge < -0.3 is 14.2 Å². The third-order valence-electron chi connectivity index (χ3n) is 11.9. The molecule has 67 heavy (non-hydrogen) atoms. The number of unbranched alkanes of at least 4 members (excludes halogenated alkanes) is 25. The molecule has 0 saturated heterocycles. The summed E-state index contributed by atoms with van der Waals surface area (Å²) in [6.07, 6.45) is 72.0. The summed E-state index contributed by atoms with van der Waals surface area (Å²) in [5.74, 6) is -0.907. The Morgan fingerprint density at radius 2 is 0.612 bits per heavy atom. The number of esters is 3. The average Bonchev–Trinajstić information content (AvgIpc) is 3.33. The van der Waals surface area contributed by atoms with E-state index < -0.39 is 6.10 Å². The van der Waals surface area contributed by atoms with E-state index in [0.717, 1.165) is 128 Å². The first kappa shape index (κ1) is 63.6. The number of hydrogen-bond donors (Lipinski definition) is 0. The summed E-state index contributed by atoms with van der Waals surface area (Å²) in [4.78, 5) is 37.7. The Hall–Kier alpha value is -3.41. The smallest absolute Gasteiger partial charge is 0.306 e. The van der Waals surface area contributed by atoms with Gasteiger partial charge in [-0.2, -0.15) is 0 Å². The first-order chi connectivity index (χ1) is 33.0. The zero-order valence-electron chi connectivity index (χ0n) is 43.9. The van der Waals surface area contributed by atoms with Gasteiger partial charge in [0.1, 0.15) is 13.2 Å². The van der Waals surface area contributed by atoms with Gasteiger partial charge >= 0.3 is 17.9 Å². The summed E-state index contributed by atoms with van der Waals surface area (Å²) in [6.45, 7) is 6.37. The molecule has 0 amide bonds. The van der Waals surface area contributed by atoms with Crippen molar-refractivity contribution < 1.29 is 28.6 Å². The molecule has 0 N–H and O–H groups in total. The number of carbonyl (C=O) groups is 3. The van der Waals surface area contributed by atoms with Gasteiger partial charge in [-0.1, -0.05) is 241 Å². The van der Waals surface area contributed by atoms with Crippen molar-refractivity contribution in [3.63, 3.8) is 0 Å². The van der Waals surface area contributed by atoms with Gasteiger partial charge in [0.25, 0.3) is 0 Å². The second-order valence-electron chi connectivity index (χ2n) is 18.5. The lowest BCUT2D eigenvalue weighted by molar-refractivity contribution is -0.167. The molecule has 0 aromatic carbocycles. The van der Waals surface area contributed by atoms with E-state index in [4.69, 9.17) is 14.2 Å². The van der Waals surface area contributed by atoms with Crippen LogP contribution in [0.3, 0.4) is 0 Å². The number of carbonyl (C=O) groups excluding carboxylic acids is 3. The van der Waals surface area contributed by atoms with Crippen LogP contribution < -0.4 is 0 Å². The van der Waals surface area contributed by atoms with Gasteiger partial charge in [0.2, 0.25) is 0 Å². The molecular weight excluding hydrogens is 829 g/mol. The highest BCUT2D eigenvalue weighted by molar-refractivity contribution is 5.71. The zero-order chi connectivity index (χ0) is 48.6. The topological polar surface area (TPSA) is 78.9 Å². The van der Waals surface area contributed by atoms with Crippen molar-refractivity contribution in [2.24, 2.45) is 0 Å². The highest BCUT2D eigenvalue weighted by atomic mass is 16.6. The van der Waals surface area contributed by atoms with Gasteiger partial charge in [0.15, 0.2) is 6.10 Å². The fraction of sp³-hybridized carbons (Fsp3) is 0.721. The van der Waals surface area contributed by atoms with Crippen molar-refractivity contribution in [1.29, 1.82) is 0 Å². The Balaban J connectivity index is 3.98. The van der Waals surface area contributed by atoms with Crippen molar-refractivity contribution >= 4 is 17.9 Å². The van der Waals surface area contributed by atoms with Crippen LogP contribution in [-0.4, -0.2) is 37.2 Å². The maximum Gasteiger partial charge on any atom is 0.306 e. The van der Waals surface area contributed by atoms with Crippen molar-refractivity contribution in [3.05, 3.63) is 85.1 Å². The van der Waals surface area contributed by atoms with Crippen LogP contribution in [0.2, 0.25) is 0 Å². The third-order valence-corrected chi connectivity index (χ3v) is 11.9. The van der Waals surface area contributed by atoms with Gasteiger partial charge in [-0.25, -0.2) is 0 Å². The lowest BCUT2D eigenvalue weighted by Crippen LogP contribution is -2.30. The van der Waals surface area contributed by atoms with E-state index in [-0.39, 0.29) is 31.1 Å². The molecule has 0 aromatic heterocycles. The van der Waals surface area contributed by atoms with E-state index in [1.165, 1.54) is 96.3 Å².